The summed E-state index contributed by atoms with van der Waals surface area (Å²) in [5.74, 6) is 0.792. The first-order valence-corrected chi connectivity index (χ1v) is 6.84. The van der Waals surface area contributed by atoms with E-state index in [0.29, 0.717) is 0 Å². The van der Waals surface area contributed by atoms with Gasteiger partial charge in [0.25, 0.3) is 0 Å². The highest BCUT2D eigenvalue weighted by Crippen LogP contribution is 2.04. The third kappa shape index (κ3) is 5.83. The standard InChI is InChI=1S/C13H29N3/c1-4-5-8-15(3)11-13(2)12-16-9-6-14-7-10-16/h13-14H,4-12H2,1-3H3. The minimum atomic E-state index is 0.792. The van der Waals surface area contributed by atoms with Gasteiger partial charge in [0.2, 0.25) is 0 Å². The summed E-state index contributed by atoms with van der Waals surface area (Å²) < 4.78 is 0. The van der Waals surface area contributed by atoms with Crippen molar-refractivity contribution >= 4 is 0 Å². The second-order valence-corrected chi connectivity index (χ2v) is 5.27. The molecule has 1 aliphatic rings. The van der Waals surface area contributed by atoms with Gasteiger partial charge in [-0.1, -0.05) is 20.3 Å². The van der Waals surface area contributed by atoms with E-state index in [1.807, 2.05) is 0 Å². The maximum Gasteiger partial charge on any atom is 0.0107 e. The Kier molecular flexibility index (Phi) is 7.01. The summed E-state index contributed by atoms with van der Waals surface area (Å²) in [6.45, 7) is 13.2. The van der Waals surface area contributed by atoms with Crippen LogP contribution in [0.2, 0.25) is 0 Å². The fourth-order valence-corrected chi connectivity index (χ4v) is 2.44. The number of hydrogen-bond acceptors (Lipinski definition) is 3. The molecule has 16 heavy (non-hydrogen) atoms. The normalized spacial score (nSPS) is 20.2. The van der Waals surface area contributed by atoms with Crippen LogP contribution >= 0.6 is 0 Å². The van der Waals surface area contributed by atoms with Gasteiger partial charge in [-0.3, -0.25) is 0 Å². The Morgan fingerprint density at radius 2 is 2.00 bits per heavy atom. The summed E-state index contributed by atoms with van der Waals surface area (Å²) in [5, 5.41) is 3.40. The van der Waals surface area contributed by atoms with Crippen LogP contribution in [0.3, 0.4) is 0 Å². The number of hydrogen-bond donors (Lipinski definition) is 1. The van der Waals surface area contributed by atoms with Crippen molar-refractivity contribution in [2.45, 2.75) is 26.7 Å². The molecule has 1 heterocycles. The van der Waals surface area contributed by atoms with E-state index in [2.05, 4.69) is 36.0 Å². The Bertz CT molecular complexity index is 167. The topological polar surface area (TPSA) is 18.5 Å². The molecule has 0 aromatic carbocycles. The van der Waals surface area contributed by atoms with Crippen molar-refractivity contribution in [1.82, 2.24) is 15.1 Å². The Balaban J connectivity index is 2.11. The van der Waals surface area contributed by atoms with Gasteiger partial charge in [-0.25, -0.2) is 0 Å². The van der Waals surface area contributed by atoms with Gasteiger partial charge in [0.05, 0.1) is 0 Å². The van der Waals surface area contributed by atoms with Crippen LogP contribution in [0.1, 0.15) is 26.7 Å². The molecule has 1 rings (SSSR count). The van der Waals surface area contributed by atoms with Gasteiger partial charge >= 0.3 is 0 Å². The second-order valence-electron chi connectivity index (χ2n) is 5.27. The van der Waals surface area contributed by atoms with E-state index in [0.717, 1.165) is 5.92 Å². The van der Waals surface area contributed by atoms with Crippen LogP contribution in [0.15, 0.2) is 0 Å². The average Bonchev–Trinajstić information content (AvgIpc) is 2.27. The van der Waals surface area contributed by atoms with Crippen molar-refractivity contribution in [2.24, 2.45) is 5.92 Å². The maximum atomic E-state index is 3.40. The van der Waals surface area contributed by atoms with Crippen LogP contribution in [0.5, 0.6) is 0 Å². The summed E-state index contributed by atoms with van der Waals surface area (Å²) in [7, 11) is 2.25. The third-order valence-electron chi connectivity index (χ3n) is 3.30. The molecule has 1 saturated heterocycles. The lowest BCUT2D eigenvalue weighted by Crippen LogP contribution is -2.46. The van der Waals surface area contributed by atoms with Crippen molar-refractivity contribution < 1.29 is 0 Å². The quantitative estimate of drug-likeness (QED) is 0.706. The van der Waals surface area contributed by atoms with Gasteiger partial charge in [-0.15, -0.1) is 0 Å². The highest BCUT2D eigenvalue weighted by Gasteiger charge is 2.13. The average molecular weight is 227 g/mol. The Morgan fingerprint density at radius 1 is 1.31 bits per heavy atom. The van der Waals surface area contributed by atoms with Gasteiger partial charge in [0.15, 0.2) is 0 Å². The zero-order valence-corrected chi connectivity index (χ0v) is 11.3. The molecule has 1 aliphatic heterocycles. The minimum Gasteiger partial charge on any atom is -0.314 e. The molecule has 0 aromatic rings. The Morgan fingerprint density at radius 3 is 2.62 bits per heavy atom. The minimum absolute atomic E-state index is 0.792. The summed E-state index contributed by atoms with van der Waals surface area (Å²) >= 11 is 0. The first-order valence-electron chi connectivity index (χ1n) is 6.84. The number of nitrogens with zero attached hydrogens (tertiary/aromatic N) is 2. The van der Waals surface area contributed by atoms with Crippen LogP contribution in [0.25, 0.3) is 0 Å². The first kappa shape index (κ1) is 13.9. The van der Waals surface area contributed by atoms with Gasteiger partial charge in [0, 0.05) is 39.3 Å². The molecule has 1 unspecified atom stereocenters. The molecular weight excluding hydrogens is 198 g/mol. The molecule has 3 heteroatoms. The SMILES string of the molecule is CCCCN(C)CC(C)CN1CCNCC1. The van der Waals surface area contributed by atoms with E-state index in [-0.39, 0.29) is 0 Å². The van der Waals surface area contributed by atoms with Gasteiger partial charge in [-0.05, 0) is 25.9 Å². The lowest BCUT2D eigenvalue weighted by atomic mass is 10.1. The van der Waals surface area contributed by atoms with Crippen molar-refractivity contribution in [2.75, 3.05) is 52.9 Å². The van der Waals surface area contributed by atoms with E-state index in [9.17, 15) is 0 Å². The van der Waals surface area contributed by atoms with Gasteiger partial charge in [0.1, 0.15) is 0 Å². The molecule has 96 valence electrons. The van der Waals surface area contributed by atoms with E-state index >= 15 is 0 Å². The van der Waals surface area contributed by atoms with Crippen LogP contribution < -0.4 is 5.32 Å². The molecule has 0 spiro atoms. The van der Waals surface area contributed by atoms with Crippen LogP contribution in [-0.2, 0) is 0 Å². The third-order valence-corrected chi connectivity index (χ3v) is 3.30. The smallest absolute Gasteiger partial charge is 0.0107 e. The molecule has 0 bridgehead atoms. The summed E-state index contributed by atoms with van der Waals surface area (Å²) in [6.07, 6.45) is 2.63. The zero-order valence-electron chi connectivity index (χ0n) is 11.3. The summed E-state index contributed by atoms with van der Waals surface area (Å²) in [4.78, 5) is 5.07. The number of unbranched alkanes of at least 4 members (excludes halogenated alkanes) is 1. The first-order chi connectivity index (χ1) is 7.72. The summed E-state index contributed by atoms with van der Waals surface area (Å²) in [5.41, 5.74) is 0. The molecule has 0 radical (unpaired) electrons. The summed E-state index contributed by atoms with van der Waals surface area (Å²) in [6, 6.07) is 0. The van der Waals surface area contributed by atoms with Crippen LogP contribution in [0.4, 0.5) is 0 Å². The van der Waals surface area contributed by atoms with E-state index in [1.54, 1.807) is 0 Å². The van der Waals surface area contributed by atoms with Crippen molar-refractivity contribution in [3.05, 3.63) is 0 Å². The molecule has 0 aliphatic carbocycles. The Hall–Kier alpha value is -0.120. The second kappa shape index (κ2) is 8.04. The predicted octanol–water partition coefficient (Wildman–Crippen LogP) is 1.26. The van der Waals surface area contributed by atoms with Crippen molar-refractivity contribution in [3.63, 3.8) is 0 Å². The fourth-order valence-electron chi connectivity index (χ4n) is 2.44. The van der Waals surface area contributed by atoms with E-state index < -0.39 is 0 Å². The monoisotopic (exact) mass is 227 g/mol. The Labute approximate surface area is 101 Å². The zero-order chi connectivity index (χ0) is 11.8. The molecule has 0 aromatic heterocycles. The van der Waals surface area contributed by atoms with Crippen molar-refractivity contribution in [1.29, 1.82) is 0 Å². The molecule has 0 saturated carbocycles. The number of piperazine rings is 1. The maximum absolute atomic E-state index is 3.40. The molecule has 1 fully saturated rings. The van der Waals surface area contributed by atoms with E-state index in [1.165, 1.54) is 58.7 Å². The van der Waals surface area contributed by atoms with E-state index in [4.69, 9.17) is 0 Å². The van der Waals surface area contributed by atoms with Gasteiger partial charge < -0.3 is 15.1 Å². The van der Waals surface area contributed by atoms with Gasteiger partial charge in [-0.2, -0.15) is 0 Å². The molecule has 3 nitrogen and oxygen atoms in total. The largest absolute Gasteiger partial charge is 0.314 e. The number of nitrogens with one attached hydrogen (secondary N) is 1. The van der Waals surface area contributed by atoms with Crippen LogP contribution in [0, 0.1) is 5.92 Å². The highest BCUT2D eigenvalue weighted by atomic mass is 15.2. The van der Waals surface area contributed by atoms with Crippen LogP contribution in [-0.4, -0.2) is 62.7 Å². The molecule has 0 amide bonds. The highest BCUT2D eigenvalue weighted by molar-refractivity contribution is 4.71. The predicted molar refractivity (Wildman–Crippen MR) is 70.9 cm³/mol. The molecular formula is C13H29N3. The van der Waals surface area contributed by atoms with Crippen molar-refractivity contribution in [3.8, 4) is 0 Å². The lowest BCUT2D eigenvalue weighted by Gasteiger charge is -2.31. The molecule has 1 atom stereocenters. The lowest BCUT2D eigenvalue weighted by molar-refractivity contribution is 0.183. The fraction of sp³-hybridized carbons (Fsp3) is 1.00. The number of rotatable bonds is 7. The molecule has 1 N–H and O–H groups in total.